The zero-order valence-electron chi connectivity index (χ0n) is 5.41. The van der Waals surface area contributed by atoms with Gasteiger partial charge >= 0.3 is 0 Å². The molecule has 0 atom stereocenters. The molecule has 48 valence electrons. The summed E-state index contributed by atoms with van der Waals surface area (Å²) in [5, 5.41) is 0. The highest BCUT2D eigenvalue weighted by Gasteiger charge is 1.85. The number of rotatable bonds is 5. The molecule has 2 heteroatoms. The number of alkyl halides is 1. The van der Waals surface area contributed by atoms with Crippen molar-refractivity contribution in [2.75, 3.05) is 5.88 Å². The van der Waals surface area contributed by atoms with Gasteiger partial charge < -0.3 is 0 Å². The van der Waals surface area contributed by atoms with Crippen LogP contribution in [-0.2, 0) is 0 Å². The number of hydrogen-bond donors (Lipinski definition) is 0. The lowest BCUT2D eigenvalue weighted by Crippen LogP contribution is -1.85. The Bertz CT molecular complexity index is 33.5. The lowest BCUT2D eigenvalue weighted by atomic mass is 10.4. The molecule has 0 aromatic heterocycles. The molecule has 2 radical (unpaired) electrons. The molecule has 0 saturated carbocycles. The second kappa shape index (κ2) is 7.51. The molecule has 0 amide bonds. The van der Waals surface area contributed by atoms with E-state index in [9.17, 15) is 0 Å². The first kappa shape index (κ1) is 8.51. The van der Waals surface area contributed by atoms with E-state index in [0.29, 0.717) is 0 Å². The lowest BCUT2D eigenvalue weighted by Gasteiger charge is -1.91. The van der Waals surface area contributed by atoms with Crippen molar-refractivity contribution in [2.24, 2.45) is 0 Å². The first-order valence-electron chi connectivity index (χ1n) is 3.18. The van der Waals surface area contributed by atoms with Crippen LogP contribution in [0.3, 0.4) is 0 Å². The second-order valence-corrected chi connectivity index (χ2v) is 3.83. The Hall–Kier alpha value is 0.507. The maximum Gasteiger partial charge on any atom is 0.0375 e. The van der Waals surface area contributed by atoms with Crippen LogP contribution in [0.4, 0.5) is 0 Å². The molecule has 0 rings (SSSR count). The van der Waals surface area contributed by atoms with Gasteiger partial charge in [-0.3, -0.25) is 0 Å². The van der Waals surface area contributed by atoms with E-state index in [1.807, 2.05) is 0 Å². The number of hydrogen-bond acceptors (Lipinski definition) is 0. The van der Waals surface area contributed by atoms with E-state index in [1.165, 1.54) is 34.4 Å². The van der Waals surface area contributed by atoms with Crippen molar-refractivity contribution < 1.29 is 0 Å². The van der Waals surface area contributed by atoms with Gasteiger partial charge in [0, 0.05) is 15.4 Å². The van der Waals surface area contributed by atoms with E-state index in [2.05, 4.69) is 6.92 Å². The molecule has 0 aromatic carbocycles. The summed E-state index contributed by atoms with van der Waals surface area (Å²) in [6.07, 6.45) is 2.53. The smallest absolute Gasteiger partial charge is 0.0375 e. The van der Waals surface area contributed by atoms with Crippen molar-refractivity contribution in [2.45, 2.75) is 31.9 Å². The quantitative estimate of drug-likeness (QED) is 0.320. The van der Waals surface area contributed by atoms with Gasteiger partial charge in [0.1, 0.15) is 0 Å². The highest BCUT2D eigenvalue weighted by Crippen LogP contribution is 1.97. The largest absolute Gasteiger partial charge is 0.127 e. The maximum atomic E-state index is 5.48. The molecule has 0 spiro atoms. The van der Waals surface area contributed by atoms with Crippen LogP contribution < -0.4 is 0 Å². The summed E-state index contributed by atoms with van der Waals surface area (Å²) in [6, 6.07) is 2.74. The minimum absolute atomic E-state index is 0.841. The fourth-order valence-corrected chi connectivity index (χ4v) is 1.56. The Labute approximate surface area is 59.4 Å². The van der Waals surface area contributed by atoms with Gasteiger partial charge in [-0.25, -0.2) is 0 Å². The Morgan fingerprint density at radius 1 is 1.38 bits per heavy atom. The summed E-state index contributed by atoms with van der Waals surface area (Å²) >= 11 is 5.48. The van der Waals surface area contributed by atoms with Gasteiger partial charge in [0.05, 0.1) is 0 Å². The zero-order valence-corrected chi connectivity index (χ0v) is 7.17. The predicted octanol–water partition coefficient (Wildman–Crippen LogP) is 2.57. The molecule has 0 aliphatic carbocycles. The third-order valence-electron chi connectivity index (χ3n) is 0.987. The molecular weight excluding hydrogens is 136 g/mol. The standard InChI is InChI=1S/C6H13ClSi/c1-2-8-6-4-3-5-7/h2-6H2,1H3. The van der Waals surface area contributed by atoms with Gasteiger partial charge in [-0.1, -0.05) is 25.4 Å². The van der Waals surface area contributed by atoms with Crippen LogP contribution in [0.2, 0.25) is 12.1 Å². The second-order valence-electron chi connectivity index (χ2n) is 1.75. The molecular formula is C6H13ClSi. The Balaban J connectivity index is 2.53. The molecule has 0 heterocycles. The van der Waals surface area contributed by atoms with Crippen molar-refractivity contribution in [3.8, 4) is 0 Å². The van der Waals surface area contributed by atoms with Crippen molar-refractivity contribution in [3.05, 3.63) is 0 Å². The Morgan fingerprint density at radius 3 is 2.62 bits per heavy atom. The van der Waals surface area contributed by atoms with Crippen LogP contribution in [0.1, 0.15) is 19.8 Å². The SMILES string of the molecule is CC[Si]CCCCCl. The molecule has 8 heavy (non-hydrogen) atoms. The first-order chi connectivity index (χ1) is 3.91. The van der Waals surface area contributed by atoms with Gasteiger partial charge in [0.25, 0.3) is 0 Å². The molecule has 0 N–H and O–H groups in total. The van der Waals surface area contributed by atoms with Crippen LogP contribution in [0, 0.1) is 0 Å². The molecule has 0 bridgehead atoms. The van der Waals surface area contributed by atoms with Gasteiger partial charge in [-0.15, -0.1) is 11.6 Å². The molecule has 0 aliphatic rings. The zero-order chi connectivity index (χ0) is 6.24. The van der Waals surface area contributed by atoms with Gasteiger partial charge in [-0.05, 0) is 6.42 Å². The van der Waals surface area contributed by atoms with E-state index in [-0.39, 0.29) is 0 Å². The van der Waals surface area contributed by atoms with Crippen LogP contribution >= 0.6 is 11.6 Å². The van der Waals surface area contributed by atoms with Crippen molar-refractivity contribution in [3.63, 3.8) is 0 Å². The third kappa shape index (κ3) is 6.51. The van der Waals surface area contributed by atoms with E-state index in [0.717, 1.165) is 5.88 Å². The summed E-state index contributed by atoms with van der Waals surface area (Å²) in [4.78, 5) is 0. The Kier molecular flexibility index (Phi) is 7.98. The van der Waals surface area contributed by atoms with Gasteiger partial charge in [-0.2, -0.15) is 0 Å². The molecule has 0 fully saturated rings. The monoisotopic (exact) mass is 148 g/mol. The molecule has 0 aromatic rings. The van der Waals surface area contributed by atoms with E-state index >= 15 is 0 Å². The topological polar surface area (TPSA) is 0 Å². The summed E-state index contributed by atoms with van der Waals surface area (Å²) in [5.41, 5.74) is 0. The summed E-state index contributed by atoms with van der Waals surface area (Å²) in [7, 11) is 1.17. The van der Waals surface area contributed by atoms with Crippen LogP contribution in [-0.4, -0.2) is 15.4 Å². The number of unbranched alkanes of at least 4 members (excludes halogenated alkanes) is 1. The minimum atomic E-state index is 0.841. The predicted molar refractivity (Wildman–Crippen MR) is 41.0 cm³/mol. The fraction of sp³-hybridized carbons (Fsp3) is 1.00. The van der Waals surface area contributed by atoms with Crippen molar-refractivity contribution >= 4 is 21.1 Å². The van der Waals surface area contributed by atoms with Gasteiger partial charge in [0.15, 0.2) is 0 Å². The van der Waals surface area contributed by atoms with Crippen molar-refractivity contribution in [1.82, 2.24) is 0 Å². The van der Waals surface area contributed by atoms with E-state index in [1.54, 1.807) is 0 Å². The van der Waals surface area contributed by atoms with Gasteiger partial charge in [0.2, 0.25) is 0 Å². The normalized spacial score (nSPS) is 9.75. The first-order valence-corrected chi connectivity index (χ1v) is 5.13. The summed E-state index contributed by atoms with van der Waals surface area (Å²) < 4.78 is 0. The average Bonchev–Trinajstić information content (AvgIpc) is 1.81. The summed E-state index contributed by atoms with van der Waals surface area (Å²) in [6.45, 7) is 2.24. The maximum absolute atomic E-state index is 5.48. The van der Waals surface area contributed by atoms with Crippen LogP contribution in [0.15, 0.2) is 0 Å². The molecule has 0 nitrogen and oxygen atoms in total. The highest BCUT2D eigenvalue weighted by atomic mass is 35.5. The Morgan fingerprint density at radius 2 is 2.12 bits per heavy atom. The molecule has 0 saturated heterocycles. The van der Waals surface area contributed by atoms with E-state index in [4.69, 9.17) is 11.6 Å². The third-order valence-corrected chi connectivity index (χ3v) is 2.46. The lowest BCUT2D eigenvalue weighted by molar-refractivity contribution is 0.884. The minimum Gasteiger partial charge on any atom is -0.127 e. The van der Waals surface area contributed by atoms with Crippen LogP contribution in [0.5, 0.6) is 0 Å². The van der Waals surface area contributed by atoms with Crippen LogP contribution in [0.25, 0.3) is 0 Å². The summed E-state index contributed by atoms with van der Waals surface area (Å²) in [5.74, 6) is 0.841. The highest BCUT2D eigenvalue weighted by molar-refractivity contribution is 6.35. The van der Waals surface area contributed by atoms with E-state index < -0.39 is 0 Å². The average molecular weight is 149 g/mol. The van der Waals surface area contributed by atoms with Crippen molar-refractivity contribution in [1.29, 1.82) is 0 Å². The molecule has 0 aliphatic heterocycles. The molecule has 0 unspecified atom stereocenters. The fourth-order valence-electron chi connectivity index (χ4n) is 0.521. The number of halogens is 1.